The van der Waals surface area contributed by atoms with Crippen molar-refractivity contribution in [1.82, 2.24) is 9.78 Å². The van der Waals surface area contributed by atoms with Gasteiger partial charge in [-0.05, 0) is 28.9 Å². The molecule has 3 nitrogen and oxygen atoms in total. The molecule has 0 spiro atoms. The molecule has 1 aromatic heterocycles. The number of hydrogen-bond donors (Lipinski definition) is 1. The molecule has 8 heteroatoms. The summed E-state index contributed by atoms with van der Waals surface area (Å²) < 4.78 is 54.0. The summed E-state index contributed by atoms with van der Waals surface area (Å²) in [6.07, 6.45) is -4.97. The Morgan fingerprint density at radius 3 is 2.62 bits per heavy atom. The highest BCUT2D eigenvalue weighted by Crippen LogP contribution is 2.36. The Morgan fingerprint density at radius 2 is 2.05 bits per heavy atom. The number of aryl methyl sites for hydroxylation is 1. The van der Waals surface area contributed by atoms with Crippen LogP contribution in [0, 0.1) is 5.82 Å². The largest absolute Gasteiger partial charge is 0.419 e. The number of benzene rings is 1. The van der Waals surface area contributed by atoms with Crippen LogP contribution in [0.1, 0.15) is 29.8 Å². The molecule has 1 aromatic carbocycles. The number of aliphatic hydroxyl groups excluding tert-OH is 1. The van der Waals surface area contributed by atoms with E-state index in [0.29, 0.717) is 17.1 Å². The normalized spacial score (nSPS) is 13.5. The van der Waals surface area contributed by atoms with Gasteiger partial charge in [0.1, 0.15) is 11.9 Å². The zero-order valence-electron chi connectivity index (χ0n) is 10.8. The van der Waals surface area contributed by atoms with Crippen molar-refractivity contribution in [2.75, 3.05) is 0 Å². The molecule has 114 valence electrons. The number of halogens is 5. The lowest BCUT2D eigenvalue weighted by Crippen LogP contribution is -2.15. The third-order valence-corrected chi connectivity index (χ3v) is 3.63. The van der Waals surface area contributed by atoms with Crippen LogP contribution in [0.5, 0.6) is 0 Å². The lowest BCUT2D eigenvalue weighted by Gasteiger charge is -2.17. The molecule has 1 N–H and O–H groups in total. The van der Waals surface area contributed by atoms with E-state index in [-0.39, 0.29) is 5.69 Å². The summed E-state index contributed by atoms with van der Waals surface area (Å²) in [6.45, 7) is 2.14. The third kappa shape index (κ3) is 2.96. The SMILES string of the molecule is CCn1ncc(Br)c1C(O)c1cccc(C(F)(F)F)c1F. The summed E-state index contributed by atoms with van der Waals surface area (Å²) in [7, 11) is 0. The maximum atomic E-state index is 14.1. The van der Waals surface area contributed by atoms with Crippen LogP contribution in [0.4, 0.5) is 17.6 Å². The first kappa shape index (κ1) is 16.0. The van der Waals surface area contributed by atoms with Crippen LogP contribution >= 0.6 is 15.9 Å². The minimum absolute atomic E-state index is 0.204. The van der Waals surface area contributed by atoms with E-state index in [1.807, 2.05) is 0 Å². The monoisotopic (exact) mass is 366 g/mol. The average Bonchev–Trinajstić information content (AvgIpc) is 2.78. The second-order valence-electron chi connectivity index (χ2n) is 4.30. The van der Waals surface area contributed by atoms with E-state index in [9.17, 15) is 22.7 Å². The molecule has 0 bridgehead atoms. The Bertz CT molecular complexity index is 654. The van der Waals surface area contributed by atoms with Gasteiger partial charge < -0.3 is 5.11 Å². The van der Waals surface area contributed by atoms with Crippen molar-refractivity contribution in [3.63, 3.8) is 0 Å². The molecular weight excluding hydrogens is 356 g/mol. The third-order valence-electron chi connectivity index (χ3n) is 3.02. The van der Waals surface area contributed by atoms with Crippen LogP contribution in [0.2, 0.25) is 0 Å². The summed E-state index contributed by atoms with van der Waals surface area (Å²) in [6, 6.07) is 2.82. The van der Waals surface area contributed by atoms with Gasteiger partial charge in [-0.15, -0.1) is 0 Å². The van der Waals surface area contributed by atoms with E-state index in [4.69, 9.17) is 0 Å². The van der Waals surface area contributed by atoms with E-state index in [1.54, 1.807) is 6.92 Å². The van der Waals surface area contributed by atoms with E-state index in [1.165, 1.54) is 10.9 Å². The van der Waals surface area contributed by atoms with Gasteiger partial charge in [-0.1, -0.05) is 12.1 Å². The van der Waals surface area contributed by atoms with Crippen molar-refractivity contribution >= 4 is 15.9 Å². The van der Waals surface area contributed by atoms with Crippen molar-refractivity contribution < 1.29 is 22.7 Å². The molecule has 0 saturated heterocycles. The molecule has 0 amide bonds. The van der Waals surface area contributed by atoms with Crippen LogP contribution < -0.4 is 0 Å². The second kappa shape index (κ2) is 5.76. The summed E-state index contributed by atoms with van der Waals surface area (Å²) in [5, 5.41) is 14.2. The van der Waals surface area contributed by atoms with E-state index in [2.05, 4.69) is 21.0 Å². The summed E-state index contributed by atoms with van der Waals surface area (Å²) >= 11 is 3.15. The maximum absolute atomic E-state index is 14.1. The number of aliphatic hydroxyl groups is 1. The molecule has 0 saturated carbocycles. The zero-order valence-corrected chi connectivity index (χ0v) is 12.4. The highest BCUT2D eigenvalue weighted by Gasteiger charge is 2.36. The summed E-state index contributed by atoms with van der Waals surface area (Å²) in [4.78, 5) is 0. The first-order valence-electron chi connectivity index (χ1n) is 6.02. The molecular formula is C13H11BrF4N2O. The van der Waals surface area contributed by atoms with E-state index in [0.717, 1.165) is 12.1 Å². The number of nitrogens with zero attached hydrogens (tertiary/aromatic N) is 2. The highest BCUT2D eigenvalue weighted by molar-refractivity contribution is 9.10. The average molecular weight is 367 g/mol. The Morgan fingerprint density at radius 1 is 1.38 bits per heavy atom. The van der Waals surface area contributed by atoms with Gasteiger partial charge in [0.05, 0.1) is 21.9 Å². The molecule has 1 atom stereocenters. The van der Waals surface area contributed by atoms with Crippen molar-refractivity contribution in [2.24, 2.45) is 0 Å². The minimum atomic E-state index is -4.82. The molecule has 1 heterocycles. The number of rotatable bonds is 3. The van der Waals surface area contributed by atoms with Gasteiger partial charge in [0.25, 0.3) is 0 Å². The van der Waals surface area contributed by atoms with Crippen molar-refractivity contribution in [1.29, 1.82) is 0 Å². The van der Waals surface area contributed by atoms with E-state index >= 15 is 0 Å². The first-order valence-corrected chi connectivity index (χ1v) is 6.81. The predicted molar refractivity (Wildman–Crippen MR) is 71.1 cm³/mol. The number of alkyl halides is 3. The highest BCUT2D eigenvalue weighted by atomic mass is 79.9. The second-order valence-corrected chi connectivity index (χ2v) is 5.16. The van der Waals surface area contributed by atoms with Gasteiger partial charge >= 0.3 is 6.18 Å². The first-order chi connectivity index (χ1) is 9.77. The van der Waals surface area contributed by atoms with Crippen molar-refractivity contribution in [3.05, 3.63) is 51.5 Å². The fourth-order valence-corrected chi connectivity index (χ4v) is 2.54. The Balaban J connectivity index is 2.54. The fraction of sp³-hybridized carbons (Fsp3) is 0.308. The van der Waals surface area contributed by atoms with Crippen LogP contribution in [0.15, 0.2) is 28.9 Å². The fourth-order valence-electron chi connectivity index (χ4n) is 2.02. The Kier molecular flexibility index (Phi) is 4.38. The van der Waals surface area contributed by atoms with Gasteiger partial charge in [-0.3, -0.25) is 4.68 Å². The Labute approximate surface area is 126 Å². The number of hydrogen-bond acceptors (Lipinski definition) is 2. The predicted octanol–water partition coefficient (Wildman–Crippen LogP) is 3.91. The van der Waals surface area contributed by atoms with Gasteiger partial charge in [0, 0.05) is 12.1 Å². The molecule has 0 radical (unpaired) electrons. The molecule has 0 aliphatic heterocycles. The summed E-state index contributed by atoms with van der Waals surface area (Å²) in [5.74, 6) is -1.48. The van der Waals surface area contributed by atoms with Gasteiger partial charge in [0.2, 0.25) is 0 Å². The van der Waals surface area contributed by atoms with Gasteiger partial charge in [-0.2, -0.15) is 18.3 Å². The lowest BCUT2D eigenvalue weighted by molar-refractivity contribution is -0.140. The molecule has 1 unspecified atom stereocenters. The van der Waals surface area contributed by atoms with Crippen molar-refractivity contribution in [2.45, 2.75) is 25.7 Å². The smallest absolute Gasteiger partial charge is 0.382 e. The topological polar surface area (TPSA) is 38.0 Å². The molecule has 0 fully saturated rings. The summed E-state index contributed by atoms with van der Waals surface area (Å²) in [5.41, 5.74) is -1.64. The standard InChI is InChI=1S/C13H11BrF4N2O/c1-2-20-11(9(14)6-19-20)12(21)7-4-3-5-8(10(7)15)13(16,17)18/h3-6,12,21H,2H2,1H3. The van der Waals surface area contributed by atoms with Crippen LogP contribution in [-0.4, -0.2) is 14.9 Å². The van der Waals surface area contributed by atoms with Crippen molar-refractivity contribution in [3.8, 4) is 0 Å². The van der Waals surface area contributed by atoms with Gasteiger partial charge in [-0.25, -0.2) is 4.39 Å². The minimum Gasteiger partial charge on any atom is -0.382 e. The van der Waals surface area contributed by atoms with Crippen LogP contribution in [-0.2, 0) is 12.7 Å². The van der Waals surface area contributed by atoms with Gasteiger partial charge in [0.15, 0.2) is 0 Å². The zero-order chi connectivity index (χ0) is 15.8. The van der Waals surface area contributed by atoms with E-state index < -0.39 is 29.2 Å². The maximum Gasteiger partial charge on any atom is 0.419 e. The molecule has 2 rings (SSSR count). The quantitative estimate of drug-likeness (QED) is 0.836. The molecule has 2 aromatic rings. The Hall–Kier alpha value is -1.41. The van der Waals surface area contributed by atoms with Crippen LogP contribution in [0.3, 0.4) is 0 Å². The number of aromatic nitrogens is 2. The lowest BCUT2D eigenvalue weighted by atomic mass is 10.0. The molecule has 0 aliphatic rings. The molecule has 21 heavy (non-hydrogen) atoms. The molecule has 0 aliphatic carbocycles. The van der Waals surface area contributed by atoms with Crippen LogP contribution in [0.25, 0.3) is 0 Å².